The van der Waals surface area contributed by atoms with Gasteiger partial charge in [0, 0.05) is 48.7 Å². The number of aryl methyl sites for hydroxylation is 1. The molecule has 0 bridgehead atoms. The maximum absolute atomic E-state index is 12.5. The van der Waals surface area contributed by atoms with Gasteiger partial charge in [-0.1, -0.05) is 24.8 Å². The number of hydrogen-bond acceptors (Lipinski definition) is 8. The zero-order valence-electron chi connectivity index (χ0n) is 23.5. The lowest BCUT2D eigenvalue weighted by Gasteiger charge is -2.41. The van der Waals surface area contributed by atoms with Crippen molar-refractivity contribution >= 4 is 28.2 Å². The van der Waals surface area contributed by atoms with E-state index in [1.165, 1.54) is 17.0 Å². The van der Waals surface area contributed by atoms with E-state index in [1.54, 1.807) is 4.90 Å². The van der Waals surface area contributed by atoms with Gasteiger partial charge in [0.05, 0.1) is 36.8 Å². The van der Waals surface area contributed by atoms with Gasteiger partial charge >= 0.3 is 6.01 Å². The summed E-state index contributed by atoms with van der Waals surface area (Å²) in [6, 6.07) is 6.39. The Bertz CT molecular complexity index is 1490. The number of piperazine rings is 1. The van der Waals surface area contributed by atoms with Gasteiger partial charge in [-0.05, 0) is 37.8 Å². The Labute approximate surface area is 240 Å². The Hall–Kier alpha value is -4.23. The second kappa shape index (κ2) is 11.7. The van der Waals surface area contributed by atoms with E-state index in [4.69, 9.17) is 26.0 Å². The van der Waals surface area contributed by atoms with Crippen LogP contribution in [0.2, 0.25) is 0 Å². The third kappa shape index (κ3) is 5.68. The number of hydrogen-bond donors (Lipinski definition) is 0. The minimum atomic E-state index is -0.238. The molecule has 2 aromatic heterocycles. The predicted molar refractivity (Wildman–Crippen MR) is 157 cm³/mol. The minimum Gasteiger partial charge on any atom is -0.461 e. The molecular weight excluding hydrogens is 518 g/mol. The van der Waals surface area contributed by atoms with E-state index < -0.39 is 0 Å². The Morgan fingerprint density at radius 2 is 2.05 bits per heavy atom. The van der Waals surface area contributed by atoms with Crippen LogP contribution in [0.25, 0.3) is 15.6 Å². The predicted octanol–water partition coefficient (Wildman–Crippen LogP) is 3.58. The van der Waals surface area contributed by atoms with Gasteiger partial charge in [0.15, 0.2) is 0 Å². The van der Waals surface area contributed by atoms with E-state index in [9.17, 15) is 4.79 Å². The smallest absolute Gasteiger partial charge is 0.318 e. The molecule has 10 heteroatoms. The molecule has 1 saturated carbocycles. The van der Waals surface area contributed by atoms with Crippen molar-refractivity contribution in [2.75, 3.05) is 55.7 Å². The van der Waals surface area contributed by atoms with E-state index in [0.29, 0.717) is 51.5 Å². The molecule has 3 aromatic rings. The fourth-order valence-corrected chi connectivity index (χ4v) is 5.86. The first-order valence-corrected chi connectivity index (χ1v) is 14.3. The molecule has 6 rings (SSSR count). The van der Waals surface area contributed by atoms with Crippen LogP contribution in [0.3, 0.4) is 0 Å². The van der Waals surface area contributed by atoms with Crippen LogP contribution in [-0.4, -0.2) is 83.8 Å². The number of pyridine rings is 1. The van der Waals surface area contributed by atoms with Crippen molar-refractivity contribution in [1.82, 2.24) is 19.9 Å². The first-order chi connectivity index (χ1) is 20.1. The number of carbonyl (C=O) groups is 1. The van der Waals surface area contributed by atoms with Crippen LogP contribution >= 0.6 is 0 Å². The van der Waals surface area contributed by atoms with Crippen molar-refractivity contribution in [2.24, 2.45) is 0 Å². The van der Waals surface area contributed by atoms with Gasteiger partial charge in [-0.25, -0.2) is 6.57 Å². The fraction of sp³-hybridized carbons (Fsp3) is 0.452. The number of aromatic nitrogens is 3. The Balaban J connectivity index is 1.31. The number of carbonyl (C=O) groups excluding carboxylic acids is 1. The lowest BCUT2D eigenvalue weighted by atomic mass is 10.0. The average molecular weight is 554 g/mol. The molecule has 2 aliphatic heterocycles. The third-order valence-corrected chi connectivity index (χ3v) is 8.07. The topological polar surface area (TPSA) is 88.3 Å². The molecule has 2 fully saturated rings. The lowest BCUT2D eigenvalue weighted by molar-refractivity contribution is -0.128. The fourth-order valence-electron chi connectivity index (χ4n) is 5.86. The second-order valence-corrected chi connectivity index (χ2v) is 10.9. The number of rotatable bonds is 9. The largest absolute Gasteiger partial charge is 0.461 e. The van der Waals surface area contributed by atoms with Crippen LogP contribution in [0, 0.1) is 13.5 Å². The molecule has 1 aliphatic carbocycles. The van der Waals surface area contributed by atoms with E-state index in [2.05, 4.69) is 51.3 Å². The number of fused-ring (bicyclic) bond motifs is 2. The molecule has 1 unspecified atom stereocenters. The molecule has 212 valence electrons. The molecule has 3 aliphatic rings. The zero-order valence-corrected chi connectivity index (χ0v) is 23.5. The summed E-state index contributed by atoms with van der Waals surface area (Å²) >= 11 is 0. The average Bonchev–Trinajstić information content (AvgIpc) is 3.83. The van der Waals surface area contributed by atoms with Gasteiger partial charge in [0.1, 0.15) is 18.5 Å². The van der Waals surface area contributed by atoms with Gasteiger partial charge in [-0.3, -0.25) is 9.78 Å². The molecular formula is C31H35N7O3. The van der Waals surface area contributed by atoms with Crippen LogP contribution in [0.1, 0.15) is 29.7 Å². The van der Waals surface area contributed by atoms with Crippen molar-refractivity contribution in [3.05, 3.63) is 71.5 Å². The highest BCUT2D eigenvalue weighted by atomic mass is 16.5. The normalized spacial score (nSPS) is 18.6. The molecule has 41 heavy (non-hydrogen) atoms. The van der Waals surface area contributed by atoms with Crippen LogP contribution in [0.5, 0.6) is 6.01 Å². The molecule has 1 atom stereocenters. The number of benzene rings is 1. The van der Waals surface area contributed by atoms with Gasteiger partial charge in [-0.15, -0.1) is 0 Å². The molecule has 1 saturated heterocycles. The molecule has 4 heterocycles. The van der Waals surface area contributed by atoms with Crippen molar-refractivity contribution in [3.8, 4) is 6.01 Å². The molecule has 0 spiro atoms. The summed E-state index contributed by atoms with van der Waals surface area (Å²) in [6.07, 6.45) is 8.53. The van der Waals surface area contributed by atoms with Crippen molar-refractivity contribution in [3.63, 3.8) is 0 Å². The highest BCUT2D eigenvalue weighted by molar-refractivity contribution is 5.96. The summed E-state index contributed by atoms with van der Waals surface area (Å²) in [5.41, 5.74) is 4.33. The van der Waals surface area contributed by atoms with Gasteiger partial charge in [0.2, 0.25) is 12.5 Å². The highest BCUT2D eigenvalue weighted by Crippen LogP contribution is 2.35. The van der Waals surface area contributed by atoms with Gasteiger partial charge < -0.3 is 29.0 Å². The number of amides is 1. The zero-order chi connectivity index (χ0) is 28.3. The van der Waals surface area contributed by atoms with Crippen LogP contribution in [-0.2, 0) is 22.5 Å². The first kappa shape index (κ1) is 27.0. The lowest BCUT2D eigenvalue weighted by Crippen LogP contribution is -2.56. The Kier molecular flexibility index (Phi) is 7.70. The van der Waals surface area contributed by atoms with Gasteiger partial charge in [-0.2, -0.15) is 9.97 Å². The summed E-state index contributed by atoms with van der Waals surface area (Å²) in [5, 5.41) is 2.33. The SMILES string of the molecule is [C-]#[N+]CC1CN(c2nc(OCCOC3CC3)nc3c2CCN(c2cncc4cccc(C)c24)C3)CCN1C(=O)C=C. The molecule has 10 nitrogen and oxygen atoms in total. The van der Waals surface area contributed by atoms with Crippen LogP contribution < -0.4 is 14.5 Å². The standard InChI is InChI=1S/C31H35N7O3/c1-4-28(39)38-13-12-37(19-23(38)17-32-3)30-25-10-11-36(27-18-33-16-22-7-5-6-21(2)29(22)27)20-26(25)34-31(35-30)41-15-14-40-24-8-9-24/h4-7,16,18,23-24H,1,8-15,17,19-20H2,2H3. The van der Waals surface area contributed by atoms with Crippen molar-refractivity contribution < 1.29 is 14.3 Å². The summed E-state index contributed by atoms with van der Waals surface area (Å²) in [7, 11) is 0. The van der Waals surface area contributed by atoms with Gasteiger partial charge in [0.25, 0.3) is 0 Å². The number of ether oxygens (including phenoxy) is 2. The van der Waals surface area contributed by atoms with E-state index >= 15 is 0 Å². The minimum absolute atomic E-state index is 0.141. The maximum atomic E-state index is 12.5. The van der Waals surface area contributed by atoms with E-state index in [-0.39, 0.29) is 18.5 Å². The van der Waals surface area contributed by atoms with Crippen molar-refractivity contribution in [2.45, 2.75) is 44.9 Å². The highest BCUT2D eigenvalue weighted by Gasteiger charge is 2.35. The molecule has 0 N–H and O–H groups in total. The summed E-state index contributed by atoms with van der Waals surface area (Å²) in [6.45, 7) is 17.4. The third-order valence-electron chi connectivity index (χ3n) is 8.07. The van der Waals surface area contributed by atoms with Crippen LogP contribution in [0.15, 0.2) is 43.2 Å². The molecule has 1 aromatic carbocycles. The summed E-state index contributed by atoms with van der Waals surface area (Å²) < 4.78 is 11.8. The maximum Gasteiger partial charge on any atom is 0.318 e. The number of nitrogens with zero attached hydrogens (tertiary/aromatic N) is 7. The molecule has 0 radical (unpaired) electrons. The number of anilines is 2. The van der Waals surface area contributed by atoms with E-state index in [0.717, 1.165) is 54.0 Å². The summed E-state index contributed by atoms with van der Waals surface area (Å²) in [5.74, 6) is 0.693. The van der Waals surface area contributed by atoms with E-state index in [1.807, 2.05) is 12.4 Å². The molecule has 1 amide bonds. The summed E-state index contributed by atoms with van der Waals surface area (Å²) in [4.78, 5) is 36.7. The van der Waals surface area contributed by atoms with Crippen molar-refractivity contribution in [1.29, 1.82) is 0 Å². The first-order valence-electron chi connectivity index (χ1n) is 14.3. The Morgan fingerprint density at radius 1 is 1.17 bits per heavy atom. The quantitative estimate of drug-likeness (QED) is 0.226. The van der Waals surface area contributed by atoms with Crippen LogP contribution in [0.4, 0.5) is 11.5 Å². The Morgan fingerprint density at radius 3 is 2.85 bits per heavy atom. The monoisotopic (exact) mass is 553 g/mol. The second-order valence-electron chi connectivity index (χ2n) is 10.9.